The van der Waals surface area contributed by atoms with Gasteiger partial charge in [0.05, 0.1) is 6.61 Å². The van der Waals surface area contributed by atoms with Crippen LogP contribution in [0.15, 0.2) is 23.3 Å². The molecule has 1 unspecified atom stereocenters. The fraction of sp³-hybridized carbons (Fsp3) is 0.769. The van der Waals surface area contributed by atoms with Gasteiger partial charge in [0.25, 0.3) is 0 Å². The molecule has 1 rings (SSSR count). The fourth-order valence-electron chi connectivity index (χ4n) is 3.99. The third-order valence-electron chi connectivity index (χ3n) is 6.77. The van der Waals surface area contributed by atoms with Crippen molar-refractivity contribution in [2.75, 3.05) is 13.2 Å². The van der Waals surface area contributed by atoms with Crippen molar-refractivity contribution in [3.05, 3.63) is 23.3 Å². The minimum absolute atomic E-state index is 0.246. The van der Waals surface area contributed by atoms with Crippen molar-refractivity contribution < 1.29 is 24.2 Å². The van der Waals surface area contributed by atoms with Crippen molar-refractivity contribution >= 4 is 12.1 Å². The van der Waals surface area contributed by atoms with E-state index in [9.17, 15) is 9.59 Å². The summed E-state index contributed by atoms with van der Waals surface area (Å²) in [5.41, 5.74) is 2.87. The van der Waals surface area contributed by atoms with Crippen molar-refractivity contribution in [3.8, 4) is 0 Å². The first-order valence-corrected chi connectivity index (χ1v) is 12.1. The number of hydrogen-bond donors (Lipinski definition) is 1. The third-order valence-corrected chi connectivity index (χ3v) is 6.77. The number of hydrogen-bond acceptors (Lipinski definition) is 4. The van der Waals surface area contributed by atoms with Gasteiger partial charge in [0.2, 0.25) is 0 Å². The molecule has 0 bridgehead atoms. The van der Waals surface area contributed by atoms with Crippen LogP contribution >= 0.6 is 0 Å². The number of unbranched alkanes of at least 4 members (excludes halogenated alkanes) is 7. The Morgan fingerprint density at radius 1 is 1.06 bits per heavy atom. The number of carboxylic acid groups (broad SMARTS) is 1. The van der Waals surface area contributed by atoms with E-state index in [-0.39, 0.29) is 11.8 Å². The largest absolute Gasteiger partial charge is 0.508 e. The summed E-state index contributed by atoms with van der Waals surface area (Å²) in [6, 6.07) is 0. The molecule has 0 aromatic heterocycles. The molecule has 0 saturated carbocycles. The summed E-state index contributed by atoms with van der Waals surface area (Å²) in [6.07, 6.45) is 15.5. The Labute approximate surface area is 189 Å². The maximum atomic E-state index is 11.8. The van der Waals surface area contributed by atoms with Gasteiger partial charge in [-0.15, -0.1) is 0 Å². The molecule has 1 aliphatic rings. The highest BCUT2D eigenvalue weighted by Crippen LogP contribution is 2.44. The molecule has 1 aliphatic carbocycles. The van der Waals surface area contributed by atoms with Crippen LogP contribution in [0.25, 0.3) is 0 Å². The normalized spacial score (nSPS) is 18.0. The zero-order valence-corrected chi connectivity index (χ0v) is 20.2. The Morgan fingerprint density at radius 3 is 2.23 bits per heavy atom. The maximum absolute atomic E-state index is 11.8. The van der Waals surface area contributed by atoms with E-state index in [4.69, 9.17) is 14.6 Å². The molecule has 0 radical (unpaired) electrons. The van der Waals surface area contributed by atoms with Crippen LogP contribution in [0, 0.1) is 11.3 Å². The zero-order valence-electron chi connectivity index (χ0n) is 20.2. The lowest BCUT2D eigenvalue weighted by Gasteiger charge is -2.29. The molecule has 0 aromatic carbocycles. The van der Waals surface area contributed by atoms with Gasteiger partial charge < -0.3 is 14.6 Å². The molecule has 5 nitrogen and oxygen atoms in total. The van der Waals surface area contributed by atoms with Gasteiger partial charge in [0.15, 0.2) is 0 Å². The van der Waals surface area contributed by atoms with E-state index in [0.29, 0.717) is 19.1 Å². The Hall–Kier alpha value is -1.78. The van der Waals surface area contributed by atoms with Gasteiger partial charge in [-0.3, -0.25) is 4.79 Å². The van der Waals surface area contributed by atoms with E-state index in [1.807, 2.05) is 0 Å². The topological polar surface area (TPSA) is 72.8 Å². The van der Waals surface area contributed by atoms with Gasteiger partial charge in [-0.25, -0.2) is 4.79 Å². The van der Waals surface area contributed by atoms with Gasteiger partial charge in [-0.1, -0.05) is 77.0 Å². The molecule has 0 aromatic rings. The van der Waals surface area contributed by atoms with Crippen LogP contribution in [0.4, 0.5) is 4.79 Å². The van der Waals surface area contributed by atoms with Crippen LogP contribution in [-0.4, -0.2) is 30.4 Å². The average molecular weight is 437 g/mol. The number of carbonyl (C=O) groups is 2. The molecule has 0 spiro atoms. The number of rotatable bonds is 16. The predicted molar refractivity (Wildman–Crippen MR) is 125 cm³/mol. The number of carboxylic acids is 1. The second-order valence-electron chi connectivity index (χ2n) is 9.35. The van der Waals surface area contributed by atoms with E-state index in [2.05, 4.69) is 39.8 Å². The predicted octanol–water partition coefficient (Wildman–Crippen LogP) is 7.45. The first-order valence-electron chi connectivity index (χ1n) is 12.1. The summed E-state index contributed by atoms with van der Waals surface area (Å²) in [6.45, 7) is 9.66. The molecule has 1 N–H and O–H groups in total. The first kappa shape index (κ1) is 27.3. The molecule has 0 heterocycles. The Balaban J connectivity index is 2.06. The minimum Gasteiger partial charge on any atom is -0.481 e. The van der Waals surface area contributed by atoms with Crippen molar-refractivity contribution in [2.45, 2.75) is 105 Å². The SMILES string of the molecule is CCC(=CCC1CC=C(C)C1(C)C)COC(=O)OCCCCCCCCCCC(=O)O. The molecule has 0 amide bonds. The number of carbonyl (C=O) groups excluding carboxylic acids is 1. The van der Waals surface area contributed by atoms with Crippen LogP contribution in [0.5, 0.6) is 0 Å². The van der Waals surface area contributed by atoms with E-state index < -0.39 is 12.1 Å². The van der Waals surface area contributed by atoms with Crippen molar-refractivity contribution in [3.63, 3.8) is 0 Å². The lowest BCUT2D eigenvalue weighted by molar-refractivity contribution is -0.137. The number of allylic oxidation sites excluding steroid dienone is 3. The van der Waals surface area contributed by atoms with Crippen LogP contribution < -0.4 is 0 Å². The second-order valence-corrected chi connectivity index (χ2v) is 9.35. The standard InChI is InChI=1S/C26H44O5/c1-5-22(16-18-23-17-15-21(2)26(23,3)4)20-31-25(29)30-19-13-11-9-7-6-8-10-12-14-24(27)28/h15-16,23H,5-14,17-20H2,1-4H3,(H,27,28). The highest BCUT2D eigenvalue weighted by molar-refractivity contribution is 5.66. The van der Waals surface area contributed by atoms with Gasteiger partial charge in [0.1, 0.15) is 6.61 Å². The van der Waals surface area contributed by atoms with Gasteiger partial charge >= 0.3 is 12.1 Å². The zero-order chi connectivity index (χ0) is 23.1. The highest BCUT2D eigenvalue weighted by Gasteiger charge is 2.33. The molecule has 31 heavy (non-hydrogen) atoms. The highest BCUT2D eigenvalue weighted by atomic mass is 16.7. The summed E-state index contributed by atoms with van der Waals surface area (Å²) in [5.74, 6) is -0.0908. The van der Waals surface area contributed by atoms with Crippen LogP contribution in [0.2, 0.25) is 0 Å². The Bertz CT molecular complexity index is 603. The van der Waals surface area contributed by atoms with Crippen molar-refractivity contribution in [2.24, 2.45) is 11.3 Å². The smallest absolute Gasteiger partial charge is 0.481 e. The van der Waals surface area contributed by atoms with Gasteiger partial charge in [-0.2, -0.15) is 0 Å². The van der Waals surface area contributed by atoms with E-state index in [0.717, 1.165) is 76.2 Å². The number of ether oxygens (including phenoxy) is 2. The summed E-state index contributed by atoms with van der Waals surface area (Å²) >= 11 is 0. The number of aliphatic carboxylic acids is 1. The molecule has 0 fully saturated rings. The summed E-state index contributed by atoms with van der Waals surface area (Å²) in [4.78, 5) is 22.3. The monoisotopic (exact) mass is 436 g/mol. The minimum atomic E-state index is -0.707. The van der Waals surface area contributed by atoms with Gasteiger partial charge in [0, 0.05) is 6.42 Å². The molecule has 0 aliphatic heterocycles. The quantitative estimate of drug-likeness (QED) is 0.154. The summed E-state index contributed by atoms with van der Waals surface area (Å²) in [7, 11) is 0. The Morgan fingerprint density at radius 2 is 1.68 bits per heavy atom. The first-order chi connectivity index (χ1) is 14.8. The lowest BCUT2D eigenvalue weighted by atomic mass is 9.76. The van der Waals surface area contributed by atoms with E-state index in [1.165, 1.54) is 5.57 Å². The maximum Gasteiger partial charge on any atom is 0.508 e. The summed E-state index contributed by atoms with van der Waals surface area (Å²) in [5, 5.41) is 8.59. The van der Waals surface area contributed by atoms with Crippen LogP contribution in [-0.2, 0) is 14.3 Å². The molecule has 1 atom stereocenters. The summed E-state index contributed by atoms with van der Waals surface area (Å²) < 4.78 is 10.5. The van der Waals surface area contributed by atoms with E-state index >= 15 is 0 Å². The third kappa shape index (κ3) is 11.4. The molecular weight excluding hydrogens is 392 g/mol. The van der Waals surface area contributed by atoms with E-state index in [1.54, 1.807) is 0 Å². The molecule has 5 heteroatoms. The molecule has 178 valence electrons. The second kappa shape index (κ2) is 15.1. The fourth-order valence-corrected chi connectivity index (χ4v) is 3.99. The van der Waals surface area contributed by atoms with Gasteiger partial charge in [-0.05, 0) is 55.9 Å². The van der Waals surface area contributed by atoms with Crippen molar-refractivity contribution in [1.82, 2.24) is 0 Å². The molecular formula is C26H44O5. The average Bonchev–Trinajstić information content (AvgIpc) is 2.98. The van der Waals surface area contributed by atoms with Crippen LogP contribution in [0.1, 0.15) is 105 Å². The molecule has 0 saturated heterocycles. The Kier molecular flexibility index (Phi) is 13.3. The lowest BCUT2D eigenvalue weighted by Crippen LogP contribution is -2.20. The van der Waals surface area contributed by atoms with Crippen molar-refractivity contribution in [1.29, 1.82) is 0 Å². The van der Waals surface area contributed by atoms with Crippen LogP contribution in [0.3, 0.4) is 0 Å².